The number of anilines is 1. The fraction of sp³-hybridized carbons (Fsp3) is 0.533. The van der Waals surface area contributed by atoms with Crippen LogP contribution in [0.1, 0.15) is 56.3 Å². The zero-order chi connectivity index (χ0) is 15.8. The Hall–Kier alpha value is -2.11. The molecule has 1 aromatic rings. The molecule has 1 unspecified atom stereocenters. The van der Waals surface area contributed by atoms with Gasteiger partial charge in [-0.25, -0.2) is 4.79 Å². The van der Waals surface area contributed by atoms with E-state index in [0.717, 1.165) is 25.3 Å². The Bertz CT molecular complexity index is 502. The van der Waals surface area contributed by atoms with Gasteiger partial charge in [-0.05, 0) is 19.4 Å². The maximum atomic E-state index is 11.2. The Labute approximate surface area is 124 Å². The second kappa shape index (κ2) is 8.24. The zero-order valence-corrected chi connectivity index (χ0v) is 12.5. The largest absolute Gasteiger partial charge is 0.478 e. The van der Waals surface area contributed by atoms with Gasteiger partial charge < -0.3 is 10.4 Å². The average molecular weight is 294 g/mol. The van der Waals surface area contributed by atoms with Gasteiger partial charge in [-0.3, -0.25) is 10.1 Å². The van der Waals surface area contributed by atoms with Gasteiger partial charge in [0.05, 0.1) is 10.5 Å². The van der Waals surface area contributed by atoms with E-state index in [1.165, 1.54) is 25.0 Å². The van der Waals surface area contributed by atoms with E-state index in [4.69, 9.17) is 5.11 Å². The van der Waals surface area contributed by atoms with E-state index in [9.17, 15) is 14.9 Å². The molecule has 0 spiro atoms. The van der Waals surface area contributed by atoms with Crippen molar-refractivity contribution in [3.63, 3.8) is 0 Å². The third-order valence-electron chi connectivity index (χ3n) is 3.34. The van der Waals surface area contributed by atoms with Crippen LogP contribution in [0.3, 0.4) is 0 Å². The van der Waals surface area contributed by atoms with Crippen LogP contribution in [0.15, 0.2) is 18.2 Å². The molecule has 1 aromatic carbocycles. The molecule has 0 fully saturated rings. The Kier molecular flexibility index (Phi) is 6.65. The predicted octanol–water partition coefficient (Wildman–Crippen LogP) is 4.06. The van der Waals surface area contributed by atoms with Gasteiger partial charge in [0.1, 0.15) is 0 Å². The number of aromatic carboxylic acids is 1. The summed E-state index contributed by atoms with van der Waals surface area (Å²) in [7, 11) is 0. The second-order valence-corrected chi connectivity index (χ2v) is 5.19. The topological polar surface area (TPSA) is 92.5 Å². The molecule has 0 radical (unpaired) electrons. The number of carboxylic acid groups (broad SMARTS) is 1. The van der Waals surface area contributed by atoms with Crippen LogP contribution in [-0.2, 0) is 0 Å². The first-order valence-corrected chi connectivity index (χ1v) is 7.24. The molecule has 1 rings (SSSR count). The molecule has 6 nitrogen and oxygen atoms in total. The van der Waals surface area contributed by atoms with Gasteiger partial charge >= 0.3 is 5.97 Å². The van der Waals surface area contributed by atoms with E-state index < -0.39 is 10.9 Å². The van der Waals surface area contributed by atoms with Crippen LogP contribution in [0.25, 0.3) is 0 Å². The van der Waals surface area contributed by atoms with E-state index in [1.54, 1.807) is 0 Å². The Morgan fingerprint density at radius 1 is 1.38 bits per heavy atom. The minimum Gasteiger partial charge on any atom is -0.478 e. The van der Waals surface area contributed by atoms with Crippen molar-refractivity contribution in [3.05, 3.63) is 33.9 Å². The third-order valence-corrected chi connectivity index (χ3v) is 3.34. The van der Waals surface area contributed by atoms with Gasteiger partial charge in [0.25, 0.3) is 5.69 Å². The number of benzene rings is 1. The zero-order valence-electron chi connectivity index (χ0n) is 12.5. The van der Waals surface area contributed by atoms with Gasteiger partial charge in [0, 0.05) is 23.9 Å². The molecule has 6 heteroatoms. The number of nitrogens with one attached hydrogen (secondary N) is 1. The van der Waals surface area contributed by atoms with Crippen molar-refractivity contribution in [3.8, 4) is 0 Å². The molecular formula is C15H22N2O4. The molecular weight excluding hydrogens is 272 g/mol. The fourth-order valence-corrected chi connectivity index (χ4v) is 2.16. The maximum absolute atomic E-state index is 11.2. The number of carboxylic acids is 1. The number of nitro groups is 1. The smallest absolute Gasteiger partial charge is 0.338 e. The van der Waals surface area contributed by atoms with Gasteiger partial charge in [0.15, 0.2) is 0 Å². The number of nitrogens with zero attached hydrogens (tertiary/aromatic N) is 1. The molecule has 0 aliphatic rings. The quantitative estimate of drug-likeness (QED) is 0.407. The molecule has 21 heavy (non-hydrogen) atoms. The van der Waals surface area contributed by atoms with Crippen LogP contribution in [-0.4, -0.2) is 22.0 Å². The van der Waals surface area contributed by atoms with Gasteiger partial charge in [0.2, 0.25) is 0 Å². The average Bonchev–Trinajstić information content (AvgIpc) is 2.43. The van der Waals surface area contributed by atoms with Crippen LogP contribution < -0.4 is 5.32 Å². The molecule has 0 amide bonds. The highest BCUT2D eigenvalue weighted by molar-refractivity contribution is 5.95. The van der Waals surface area contributed by atoms with E-state index in [2.05, 4.69) is 12.2 Å². The van der Waals surface area contributed by atoms with Gasteiger partial charge in [-0.1, -0.05) is 32.6 Å². The molecule has 0 aliphatic heterocycles. The predicted molar refractivity (Wildman–Crippen MR) is 81.9 cm³/mol. The molecule has 0 aliphatic carbocycles. The number of rotatable bonds is 9. The normalized spacial score (nSPS) is 11.9. The molecule has 0 saturated heterocycles. The monoisotopic (exact) mass is 294 g/mol. The number of non-ortho nitro benzene ring substituents is 1. The molecule has 116 valence electrons. The minimum atomic E-state index is -1.17. The van der Waals surface area contributed by atoms with Crippen LogP contribution in [0.4, 0.5) is 11.4 Å². The van der Waals surface area contributed by atoms with Crippen molar-refractivity contribution in [2.24, 2.45) is 0 Å². The summed E-state index contributed by atoms with van der Waals surface area (Å²) in [6.07, 6.45) is 5.56. The lowest BCUT2D eigenvalue weighted by molar-refractivity contribution is -0.384. The highest BCUT2D eigenvalue weighted by Crippen LogP contribution is 2.23. The SMILES string of the molecule is CCCCCCC(C)Nc1ccc([N+](=O)[O-])cc1C(=O)O. The standard InChI is InChI=1S/C15H22N2O4/c1-3-4-5-6-7-11(2)16-14-9-8-12(17(20)21)10-13(14)15(18)19/h8-11,16H,3-7H2,1-2H3,(H,18,19). The molecule has 1 atom stereocenters. The van der Waals surface area contributed by atoms with E-state index in [0.29, 0.717) is 5.69 Å². The Balaban J connectivity index is 2.73. The summed E-state index contributed by atoms with van der Waals surface area (Å²) in [5.41, 5.74) is 0.147. The van der Waals surface area contributed by atoms with Crippen molar-refractivity contribution in [2.45, 2.75) is 52.0 Å². The highest BCUT2D eigenvalue weighted by Gasteiger charge is 2.17. The summed E-state index contributed by atoms with van der Waals surface area (Å²) in [5, 5.41) is 23.0. The van der Waals surface area contributed by atoms with Crippen LogP contribution in [0, 0.1) is 10.1 Å². The first-order chi connectivity index (χ1) is 9.95. The molecule has 2 N–H and O–H groups in total. The summed E-state index contributed by atoms with van der Waals surface area (Å²) >= 11 is 0. The summed E-state index contributed by atoms with van der Waals surface area (Å²) in [5.74, 6) is -1.17. The molecule has 0 aromatic heterocycles. The molecule has 0 saturated carbocycles. The Morgan fingerprint density at radius 2 is 2.10 bits per heavy atom. The number of unbranched alkanes of at least 4 members (excludes halogenated alkanes) is 3. The lowest BCUT2D eigenvalue weighted by Crippen LogP contribution is -2.17. The van der Waals surface area contributed by atoms with E-state index in [1.807, 2.05) is 6.92 Å². The van der Waals surface area contributed by atoms with Crippen LogP contribution in [0.2, 0.25) is 0 Å². The van der Waals surface area contributed by atoms with Crippen molar-refractivity contribution in [1.29, 1.82) is 0 Å². The first kappa shape index (κ1) is 16.9. The van der Waals surface area contributed by atoms with E-state index in [-0.39, 0.29) is 17.3 Å². The highest BCUT2D eigenvalue weighted by atomic mass is 16.6. The van der Waals surface area contributed by atoms with Crippen molar-refractivity contribution >= 4 is 17.3 Å². The number of hydrogen-bond acceptors (Lipinski definition) is 4. The number of carbonyl (C=O) groups is 1. The lowest BCUT2D eigenvalue weighted by atomic mass is 10.1. The first-order valence-electron chi connectivity index (χ1n) is 7.24. The second-order valence-electron chi connectivity index (χ2n) is 5.19. The minimum absolute atomic E-state index is 0.0652. The number of nitro benzene ring substituents is 1. The summed E-state index contributed by atoms with van der Waals surface area (Å²) in [6.45, 7) is 4.14. The third kappa shape index (κ3) is 5.41. The van der Waals surface area contributed by atoms with Crippen molar-refractivity contribution in [2.75, 3.05) is 5.32 Å². The lowest BCUT2D eigenvalue weighted by Gasteiger charge is -2.16. The van der Waals surface area contributed by atoms with Gasteiger partial charge in [-0.15, -0.1) is 0 Å². The maximum Gasteiger partial charge on any atom is 0.338 e. The van der Waals surface area contributed by atoms with E-state index >= 15 is 0 Å². The molecule has 0 bridgehead atoms. The van der Waals surface area contributed by atoms with Crippen molar-refractivity contribution in [1.82, 2.24) is 0 Å². The fourth-order valence-electron chi connectivity index (χ4n) is 2.16. The molecule has 0 heterocycles. The summed E-state index contributed by atoms with van der Waals surface area (Å²) in [6, 6.07) is 4.00. The van der Waals surface area contributed by atoms with Crippen molar-refractivity contribution < 1.29 is 14.8 Å². The van der Waals surface area contributed by atoms with Crippen LogP contribution >= 0.6 is 0 Å². The van der Waals surface area contributed by atoms with Gasteiger partial charge in [-0.2, -0.15) is 0 Å². The van der Waals surface area contributed by atoms with Crippen LogP contribution in [0.5, 0.6) is 0 Å². The summed E-state index contributed by atoms with van der Waals surface area (Å²) in [4.78, 5) is 21.3. The summed E-state index contributed by atoms with van der Waals surface area (Å²) < 4.78 is 0. The number of hydrogen-bond donors (Lipinski definition) is 2. The Morgan fingerprint density at radius 3 is 2.67 bits per heavy atom.